The monoisotopic (exact) mass is 402 g/mol. The normalized spacial score (nSPS) is 8.00. The smallest absolute Gasteiger partial charge is 0.0535 e. The second-order valence-electron chi connectivity index (χ2n) is 2.19. The van der Waals surface area contributed by atoms with E-state index in [1.807, 2.05) is 20.8 Å². The molecule has 0 spiro atoms. The summed E-state index contributed by atoms with van der Waals surface area (Å²) in [5.74, 6) is 0. The summed E-state index contributed by atoms with van der Waals surface area (Å²) in [5, 5.41) is 16.5. The molecule has 0 aliphatic rings. The molecule has 0 unspecified atom stereocenters. The molecule has 0 aromatic heterocycles. The summed E-state index contributed by atoms with van der Waals surface area (Å²) >= 11 is 4.24. The van der Waals surface area contributed by atoms with Crippen LogP contribution in [0.15, 0.2) is 0 Å². The molecule has 12 heavy (non-hydrogen) atoms. The van der Waals surface area contributed by atoms with E-state index >= 15 is 0 Å². The minimum Gasteiger partial charge on any atom is -0.396 e. The molecule has 0 aromatic rings. The fraction of sp³-hybridized carbons (Fsp3) is 1.00. The van der Waals surface area contributed by atoms with E-state index in [2.05, 4.69) is 37.2 Å². The lowest BCUT2D eigenvalue weighted by atomic mass is 10.2. The van der Waals surface area contributed by atoms with Crippen molar-refractivity contribution in [3.8, 4) is 0 Å². The molecule has 2 N–H and O–H groups in total. The Hall–Kier alpha value is 1.38. The third-order valence-corrected chi connectivity index (χ3v) is 1.17. The van der Waals surface area contributed by atoms with Crippen molar-refractivity contribution < 1.29 is 10.2 Å². The minimum atomic E-state index is -0.0648. The lowest BCUT2D eigenvalue weighted by Gasteiger charge is -1.98. The van der Waals surface area contributed by atoms with E-state index in [0.717, 1.165) is 19.3 Å². The zero-order valence-electron chi connectivity index (χ0n) is 8.06. The summed E-state index contributed by atoms with van der Waals surface area (Å²) < 4.78 is 0. The van der Waals surface area contributed by atoms with Gasteiger partial charge in [-0.3, -0.25) is 0 Å². The Morgan fingerprint density at radius 3 is 1.33 bits per heavy atom. The van der Waals surface area contributed by atoms with Crippen molar-refractivity contribution in [1.82, 2.24) is 0 Å². The van der Waals surface area contributed by atoms with Gasteiger partial charge >= 0.3 is 0 Å². The van der Waals surface area contributed by atoms with Crippen LogP contribution in [0.2, 0.25) is 0 Å². The largest absolute Gasteiger partial charge is 0.396 e. The van der Waals surface area contributed by atoms with Gasteiger partial charge < -0.3 is 10.2 Å². The van der Waals surface area contributed by atoms with Crippen LogP contribution in [-0.2, 0) is 0 Å². The minimum absolute atomic E-state index is 0.0648. The van der Waals surface area contributed by atoms with E-state index < -0.39 is 0 Å². The molecule has 0 rings (SSSR count). The molecule has 0 radical (unpaired) electrons. The van der Waals surface area contributed by atoms with Crippen LogP contribution in [0.4, 0.5) is 0 Å². The molecule has 0 fully saturated rings. The maximum Gasteiger partial charge on any atom is 0.0535 e. The van der Waals surface area contributed by atoms with Crippen molar-refractivity contribution in [2.45, 2.75) is 46.1 Å². The highest BCUT2D eigenvalue weighted by molar-refractivity contribution is 15.0. The van der Waals surface area contributed by atoms with Gasteiger partial charge in [0.05, 0.1) is 6.10 Å². The van der Waals surface area contributed by atoms with Crippen molar-refractivity contribution in [3.05, 3.63) is 0 Å². The van der Waals surface area contributed by atoms with Crippen LogP contribution in [0, 0.1) is 0 Å². The molecule has 0 bridgehead atoms. The van der Waals surface area contributed by atoms with Crippen LogP contribution in [-0.4, -0.2) is 22.9 Å². The Labute approximate surface area is 99.5 Å². The fourth-order valence-corrected chi connectivity index (χ4v) is 0.289. The molecule has 0 atom stereocenters. The Bertz CT molecular complexity index is 48.3. The van der Waals surface area contributed by atoms with Crippen molar-refractivity contribution in [2.24, 2.45) is 0 Å². The van der Waals surface area contributed by atoms with E-state index in [1.165, 1.54) is 0 Å². The highest BCUT2D eigenvalue weighted by atomic mass is 128. The molecule has 78 valence electrons. The molecule has 0 aliphatic carbocycles. The van der Waals surface area contributed by atoms with Gasteiger partial charge in [0.1, 0.15) is 0 Å². The van der Waals surface area contributed by atoms with Gasteiger partial charge in [-0.25, -0.2) is 0 Å². The highest BCUT2D eigenvalue weighted by Gasteiger charge is 1.90. The van der Waals surface area contributed by atoms with Gasteiger partial charge in [0.15, 0.2) is 0 Å². The Morgan fingerprint density at radius 1 is 1.08 bits per heavy atom. The summed E-state index contributed by atoms with van der Waals surface area (Å²) in [4.78, 5) is 0. The summed E-state index contributed by atoms with van der Waals surface area (Å²) in [5.41, 5.74) is 0. The number of rotatable bonds is 3. The van der Waals surface area contributed by atoms with Gasteiger partial charge in [-0.15, -0.1) is 0 Å². The number of aliphatic hydroxyl groups is 2. The molecule has 2 nitrogen and oxygen atoms in total. The number of hydrogen-bond donors (Lipinski definition) is 2. The van der Waals surface area contributed by atoms with Gasteiger partial charge in [0.2, 0.25) is 0 Å². The zero-order chi connectivity index (χ0) is 10.4. The topological polar surface area (TPSA) is 40.5 Å². The number of halogens is 2. The summed E-state index contributed by atoms with van der Waals surface area (Å²) in [6.45, 7) is 6.21. The average molecular weight is 402 g/mol. The zero-order valence-corrected chi connectivity index (χ0v) is 12.4. The first-order chi connectivity index (χ1) is 5.72. The molecule has 0 aliphatic heterocycles. The molecule has 0 saturated carbocycles. The van der Waals surface area contributed by atoms with Crippen molar-refractivity contribution in [1.29, 1.82) is 0 Å². The molecular weight excluding hydrogens is 382 g/mol. The third kappa shape index (κ3) is 30.1. The van der Waals surface area contributed by atoms with Gasteiger partial charge in [-0.05, 0) is 19.3 Å². The predicted octanol–water partition coefficient (Wildman–Crippen LogP) is 3.33. The second kappa shape index (κ2) is 22.8. The molecule has 4 heteroatoms. The third-order valence-electron chi connectivity index (χ3n) is 1.17. The van der Waals surface area contributed by atoms with Gasteiger partial charge in [0, 0.05) is 43.8 Å². The summed E-state index contributed by atoms with van der Waals surface area (Å²) in [6.07, 6.45) is 2.58. The van der Waals surface area contributed by atoms with Crippen LogP contribution in [0.3, 0.4) is 0 Å². The Balaban J connectivity index is -0.000000118. The fourth-order valence-electron chi connectivity index (χ4n) is 0.289. The van der Waals surface area contributed by atoms with E-state index in [1.54, 1.807) is 0 Å². The maximum atomic E-state index is 8.67. The van der Waals surface area contributed by atoms with Crippen LogP contribution in [0.25, 0.3) is 0 Å². The maximum absolute atomic E-state index is 8.67. The average Bonchev–Trinajstić information content (AvgIpc) is 2.20. The Kier molecular flexibility index (Phi) is 36.2. The first kappa shape index (κ1) is 19.0. The standard InChI is InChI=1S/C5H12O.C3H8O.I2/c1-3-5(6)4-2;1-2-3-4;1-2/h5-6H,3-4H2,1-2H3;4H,2-3H2,1H3;. The molecule has 0 saturated heterocycles. The van der Waals surface area contributed by atoms with Crippen LogP contribution < -0.4 is 0 Å². The van der Waals surface area contributed by atoms with Crippen molar-refractivity contribution >= 4 is 37.2 Å². The second-order valence-corrected chi connectivity index (χ2v) is 2.19. The molecule has 0 aromatic carbocycles. The first-order valence-corrected chi connectivity index (χ1v) is 10.4. The van der Waals surface area contributed by atoms with E-state index in [0.29, 0.717) is 6.61 Å². The van der Waals surface area contributed by atoms with Crippen molar-refractivity contribution in [3.63, 3.8) is 0 Å². The Morgan fingerprint density at radius 2 is 1.33 bits per heavy atom. The quantitative estimate of drug-likeness (QED) is 0.712. The highest BCUT2D eigenvalue weighted by Crippen LogP contribution is 1.92. The van der Waals surface area contributed by atoms with E-state index in [-0.39, 0.29) is 6.10 Å². The van der Waals surface area contributed by atoms with Crippen LogP contribution in [0.1, 0.15) is 40.0 Å². The van der Waals surface area contributed by atoms with Gasteiger partial charge in [-0.1, -0.05) is 20.8 Å². The van der Waals surface area contributed by atoms with Crippen LogP contribution in [0.5, 0.6) is 0 Å². The number of aliphatic hydroxyl groups excluding tert-OH is 2. The lowest BCUT2D eigenvalue weighted by molar-refractivity contribution is 0.166. The van der Waals surface area contributed by atoms with E-state index in [4.69, 9.17) is 10.2 Å². The number of hydrogen-bond acceptors (Lipinski definition) is 2. The molecular formula is C8H20I2O2. The molecule has 0 heterocycles. The predicted molar refractivity (Wildman–Crippen MR) is 72.0 cm³/mol. The SMILES string of the molecule is CCC(O)CC.CCCO.II. The van der Waals surface area contributed by atoms with Crippen molar-refractivity contribution in [2.75, 3.05) is 6.61 Å². The summed E-state index contributed by atoms with van der Waals surface area (Å²) in [6, 6.07) is 0. The molecule has 0 amide bonds. The van der Waals surface area contributed by atoms with Gasteiger partial charge in [-0.2, -0.15) is 0 Å². The lowest BCUT2D eigenvalue weighted by Crippen LogP contribution is -1.99. The van der Waals surface area contributed by atoms with Gasteiger partial charge in [0.25, 0.3) is 0 Å². The summed E-state index contributed by atoms with van der Waals surface area (Å²) in [7, 11) is 0. The van der Waals surface area contributed by atoms with E-state index in [9.17, 15) is 0 Å². The van der Waals surface area contributed by atoms with Crippen LogP contribution >= 0.6 is 37.2 Å². The first-order valence-electron chi connectivity index (χ1n) is 4.16.